The fourth-order valence-electron chi connectivity index (χ4n) is 1.76. The minimum Gasteiger partial charge on any atom is -0.496 e. The van der Waals surface area contributed by atoms with Gasteiger partial charge in [-0.05, 0) is 42.7 Å². The third-order valence-electron chi connectivity index (χ3n) is 2.93. The Bertz CT molecular complexity index is 564. The van der Waals surface area contributed by atoms with Crippen LogP contribution in [0.15, 0.2) is 17.0 Å². The van der Waals surface area contributed by atoms with Gasteiger partial charge in [-0.3, -0.25) is 4.79 Å². The molecule has 0 bridgehead atoms. The van der Waals surface area contributed by atoms with E-state index in [1.165, 1.54) is 11.8 Å². The highest BCUT2D eigenvalue weighted by Crippen LogP contribution is 2.30. The first kappa shape index (κ1) is 13.1. The highest BCUT2D eigenvalue weighted by atomic mass is 32.2. The van der Waals surface area contributed by atoms with Crippen molar-refractivity contribution in [3.05, 3.63) is 33.7 Å². The van der Waals surface area contributed by atoms with Crippen LogP contribution in [0, 0.1) is 13.8 Å². The number of amides is 1. The van der Waals surface area contributed by atoms with Gasteiger partial charge in [-0.1, -0.05) is 30.0 Å². The molecule has 1 heterocycles. The molecule has 0 radical (unpaired) electrons. The molecule has 1 saturated heterocycles. The van der Waals surface area contributed by atoms with E-state index in [2.05, 4.69) is 5.32 Å². The maximum absolute atomic E-state index is 11.6. The summed E-state index contributed by atoms with van der Waals surface area (Å²) in [6.45, 7) is 4.02. The molecule has 0 aromatic heterocycles. The molecular formula is C13H13NO2S2. The summed E-state index contributed by atoms with van der Waals surface area (Å²) < 4.78 is 5.77. The number of hydrogen-bond donors (Lipinski definition) is 1. The van der Waals surface area contributed by atoms with E-state index in [4.69, 9.17) is 17.0 Å². The Hall–Kier alpha value is -1.33. The minimum atomic E-state index is -0.127. The van der Waals surface area contributed by atoms with Gasteiger partial charge in [-0.15, -0.1) is 0 Å². The fraction of sp³-hybridized carbons (Fsp3) is 0.231. The molecule has 1 aliphatic heterocycles. The smallest absolute Gasteiger partial charge is 0.263 e. The molecule has 3 nitrogen and oxygen atoms in total. The van der Waals surface area contributed by atoms with Crippen molar-refractivity contribution in [1.82, 2.24) is 5.32 Å². The maximum Gasteiger partial charge on any atom is 0.263 e. The predicted molar refractivity (Wildman–Crippen MR) is 78.8 cm³/mol. The molecule has 0 unspecified atom stereocenters. The first-order valence-electron chi connectivity index (χ1n) is 5.42. The van der Waals surface area contributed by atoms with Gasteiger partial charge in [0.1, 0.15) is 10.1 Å². The number of ether oxygens (including phenoxy) is 1. The summed E-state index contributed by atoms with van der Waals surface area (Å²) in [5, 5.41) is 2.61. The summed E-state index contributed by atoms with van der Waals surface area (Å²) in [4.78, 5) is 12.2. The zero-order valence-electron chi connectivity index (χ0n) is 10.4. The number of hydrogen-bond acceptors (Lipinski definition) is 4. The number of benzene rings is 1. The summed E-state index contributed by atoms with van der Waals surface area (Å²) in [6.07, 6.45) is 1.86. The molecule has 1 aliphatic rings. The van der Waals surface area contributed by atoms with Gasteiger partial charge in [0.05, 0.1) is 12.0 Å². The highest BCUT2D eigenvalue weighted by Gasteiger charge is 2.22. The number of thiocarbonyl (C=S) groups is 1. The van der Waals surface area contributed by atoms with Crippen molar-refractivity contribution in [3.63, 3.8) is 0 Å². The van der Waals surface area contributed by atoms with Gasteiger partial charge >= 0.3 is 0 Å². The SMILES string of the molecule is COc1ccc(/C=C2\SC(=S)NC2=O)c(C)c1C. The average molecular weight is 279 g/mol. The molecule has 2 rings (SSSR count). The van der Waals surface area contributed by atoms with E-state index in [-0.39, 0.29) is 5.91 Å². The van der Waals surface area contributed by atoms with Crippen molar-refractivity contribution in [1.29, 1.82) is 0 Å². The van der Waals surface area contributed by atoms with Crippen LogP contribution >= 0.6 is 24.0 Å². The Kier molecular flexibility index (Phi) is 3.73. The van der Waals surface area contributed by atoms with Gasteiger partial charge in [0.15, 0.2) is 0 Å². The number of carbonyl (C=O) groups is 1. The van der Waals surface area contributed by atoms with Crippen LogP contribution in [0.4, 0.5) is 0 Å². The van der Waals surface area contributed by atoms with E-state index >= 15 is 0 Å². The minimum absolute atomic E-state index is 0.127. The van der Waals surface area contributed by atoms with Crippen molar-refractivity contribution in [3.8, 4) is 5.75 Å². The number of carbonyl (C=O) groups excluding carboxylic acids is 1. The molecule has 1 amide bonds. The number of thioether (sulfide) groups is 1. The topological polar surface area (TPSA) is 38.3 Å². The second kappa shape index (κ2) is 5.12. The molecule has 1 fully saturated rings. The maximum atomic E-state index is 11.6. The van der Waals surface area contributed by atoms with Crippen molar-refractivity contribution in [2.45, 2.75) is 13.8 Å². The zero-order chi connectivity index (χ0) is 13.3. The lowest BCUT2D eigenvalue weighted by atomic mass is 10.0. The molecule has 1 aromatic carbocycles. The van der Waals surface area contributed by atoms with E-state index in [1.54, 1.807) is 7.11 Å². The summed E-state index contributed by atoms with van der Waals surface area (Å²) in [6, 6.07) is 3.86. The molecular weight excluding hydrogens is 266 g/mol. The van der Waals surface area contributed by atoms with Crippen LogP contribution in [-0.2, 0) is 4.79 Å². The number of nitrogens with one attached hydrogen (secondary N) is 1. The van der Waals surface area contributed by atoms with Crippen LogP contribution in [-0.4, -0.2) is 17.3 Å². The Morgan fingerprint density at radius 2 is 2.06 bits per heavy atom. The lowest BCUT2D eigenvalue weighted by Gasteiger charge is -2.10. The van der Waals surface area contributed by atoms with Gasteiger partial charge in [0, 0.05) is 0 Å². The van der Waals surface area contributed by atoms with Crippen LogP contribution in [0.2, 0.25) is 0 Å². The van der Waals surface area contributed by atoms with Gasteiger partial charge in [-0.2, -0.15) is 0 Å². The van der Waals surface area contributed by atoms with Crippen LogP contribution in [0.3, 0.4) is 0 Å². The molecule has 0 aliphatic carbocycles. The molecule has 1 N–H and O–H groups in total. The largest absolute Gasteiger partial charge is 0.496 e. The standard InChI is InChI=1S/C13H13NO2S2/c1-7-8(2)10(16-3)5-4-9(7)6-11-12(15)14-13(17)18-11/h4-6H,1-3H3,(H,14,15,17)/b11-6-. The van der Waals surface area contributed by atoms with E-state index < -0.39 is 0 Å². The van der Waals surface area contributed by atoms with Crippen molar-refractivity contribution in [2.24, 2.45) is 0 Å². The monoisotopic (exact) mass is 279 g/mol. The molecule has 0 spiro atoms. The van der Waals surface area contributed by atoms with Crippen LogP contribution in [0.5, 0.6) is 5.75 Å². The third kappa shape index (κ3) is 2.42. The van der Waals surface area contributed by atoms with Gasteiger partial charge in [0.2, 0.25) is 0 Å². The van der Waals surface area contributed by atoms with Crippen LogP contribution in [0.1, 0.15) is 16.7 Å². The molecule has 1 aromatic rings. The Morgan fingerprint density at radius 3 is 2.61 bits per heavy atom. The number of methoxy groups -OCH3 is 1. The lowest BCUT2D eigenvalue weighted by Crippen LogP contribution is -2.17. The second-order valence-electron chi connectivity index (χ2n) is 3.96. The summed E-state index contributed by atoms with van der Waals surface area (Å²) in [7, 11) is 1.65. The van der Waals surface area contributed by atoms with E-state index in [9.17, 15) is 4.79 Å². The predicted octanol–water partition coefficient (Wildman–Crippen LogP) is 2.80. The van der Waals surface area contributed by atoms with E-state index in [1.807, 2.05) is 32.1 Å². The molecule has 94 valence electrons. The Labute approximate surface area is 116 Å². The first-order valence-corrected chi connectivity index (χ1v) is 6.64. The Balaban J connectivity index is 2.41. The first-order chi connectivity index (χ1) is 8.52. The summed E-state index contributed by atoms with van der Waals surface area (Å²) in [5.41, 5.74) is 3.20. The number of rotatable bonds is 2. The van der Waals surface area contributed by atoms with Crippen molar-refractivity contribution < 1.29 is 9.53 Å². The van der Waals surface area contributed by atoms with E-state index in [0.29, 0.717) is 9.23 Å². The highest BCUT2D eigenvalue weighted by molar-refractivity contribution is 8.26. The van der Waals surface area contributed by atoms with Gasteiger partial charge < -0.3 is 10.1 Å². The molecule has 18 heavy (non-hydrogen) atoms. The fourth-order valence-corrected chi connectivity index (χ4v) is 2.79. The quantitative estimate of drug-likeness (QED) is 0.667. The lowest BCUT2D eigenvalue weighted by molar-refractivity contribution is -0.115. The average Bonchev–Trinajstić information content (AvgIpc) is 2.64. The summed E-state index contributed by atoms with van der Waals surface area (Å²) in [5.74, 6) is 0.728. The van der Waals surface area contributed by atoms with Crippen molar-refractivity contribution >= 4 is 40.3 Å². The third-order valence-corrected chi connectivity index (χ3v) is 4.09. The summed E-state index contributed by atoms with van der Waals surface area (Å²) >= 11 is 6.25. The van der Waals surface area contributed by atoms with Gasteiger partial charge in [-0.25, -0.2) is 0 Å². The molecule has 0 atom stereocenters. The molecule has 5 heteroatoms. The normalized spacial score (nSPS) is 17.2. The zero-order valence-corrected chi connectivity index (χ0v) is 12.0. The van der Waals surface area contributed by atoms with Crippen LogP contribution in [0.25, 0.3) is 6.08 Å². The van der Waals surface area contributed by atoms with E-state index in [0.717, 1.165) is 22.4 Å². The second-order valence-corrected chi connectivity index (χ2v) is 5.68. The Morgan fingerprint density at radius 1 is 1.33 bits per heavy atom. The molecule has 0 saturated carbocycles. The van der Waals surface area contributed by atoms with Crippen molar-refractivity contribution in [2.75, 3.05) is 7.11 Å². The van der Waals surface area contributed by atoms with Crippen LogP contribution < -0.4 is 10.1 Å². The van der Waals surface area contributed by atoms with Gasteiger partial charge in [0.25, 0.3) is 5.91 Å².